The van der Waals surface area contributed by atoms with Crippen molar-refractivity contribution in [3.63, 3.8) is 0 Å². The van der Waals surface area contributed by atoms with Crippen LogP contribution in [0.5, 0.6) is 0 Å². The van der Waals surface area contributed by atoms with Gasteiger partial charge in [-0.25, -0.2) is 4.98 Å². The second-order valence-electron chi connectivity index (χ2n) is 6.43. The van der Waals surface area contributed by atoms with Crippen LogP contribution in [-0.2, 0) is 0 Å². The lowest BCUT2D eigenvalue weighted by Crippen LogP contribution is -2.29. The van der Waals surface area contributed by atoms with Crippen molar-refractivity contribution in [3.05, 3.63) is 22.8 Å². The van der Waals surface area contributed by atoms with Crippen LogP contribution in [0.3, 0.4) is 0 Å². The van der Waals surface area contributed by atoms with Gasteiger partial charge < -0.3 is 10.6 Å². The quantitative estimate of drug-likeness (QED) is 0.896. The molecule has 1 aromatic rings. The lowest BCUT2D eigenvalue weighted by molar-refractivity contribution is 0.0943. The summed E-state index contributed by atoms with van der Waals surface area (Å²) in [7, 11) is 0. The highest BCUT2D eigenvalue weighted by Gasteiger charge is 2.65. The Balaban J connectivity index is 2.10. The summed E-state index contributed by atoms with van der Waals surface area (Å²) in [6.45, 7) is 11.4. The molecule has 1 amide bonds. The fourth-order valence-corrected chi connectivity index (χ4v) is 2.86. The van der Waals surface area contributed by atoms with Gasteiger partial charge in [0.15, 0.2) is 0 Å². The molecule has 1 fully saturated rings. The number of amides is 1. The lowest BCUT2D eigenvalue weighted by Gasteiger charge is -2.09. The number of hydrogen-bond donors (Lipinski definition) is 2. The second-order valence-corrected chi connectivity index (χ2v) is 6.84. The lowest BCUT2D eigenvalue weighted by atomic mass is 10.0. The molecule has 0 bridgehead atoms. The van der Waals surface area contributed by atoms with E-state index < -0.39 is 0 Å². The van der Waals surface area contributed by atoms with Crippen LogP contribution in [-0.4, -0.2) is 23.5 Å². The number of halogens is 1. The minimum absolute atomic E-state index is 0.115. The summed E-state index contributed by atoms with van der Waals surface area (Å²) < 4.78 is 0. The van der Waals surface area contributed by atoms with Crippen LogP contribution in [0.2, 0.25) is 5.02 Å². The molecule has 1 aliphatic carbocycles. The molecule has 1 saturated carbocycles. The minimum atomic E-state index is -0.119. The van der Waals surface area contributed by atoms with Gasteiger partial charge in [-0.3, -0.25) is 4.79 Å². The van der Waals surface area contributed by atoms with Crippen LogP contribution in [0.15, 0.2) is 12.3 Å². The zero-order valence-electron chi connectivity index (χ0n) is 12.7. The third kappa shape index (κ3) is 2.37. The third-order valence-electron chi connectivity index (χ3n) is 4.74. The Morgan fingerprint density at radius 2 is 1.95 bits per heavy atom. The molecule has 0 aromatic carbocycles. The van der Waals surface area contributed by atoms with Gasteiger partial charge >= 0.3 is 0 Å². The van der Waals surface area contributed by atoms with Gasteiger partial charge in [0.2, 0.25) is 0 Å². The third-order valence-corrected chi connectivity index (χ3v) is 5.03. The fraction of sp³-hybridized carbons (Fsp3) is 0.600. The average Bonchev–Trinajstić information content (AvgIpc) is 2.74. The van der Waals surface area contributed by atoms with E-state index in [0.717, 1.165) is 6.54 Å². The highest BCUT2D eigenvalue weighted by Crippen LogP contribution is 2.62. The second kappa shape index (κ2) is 4.92. The maximum absolute atomic E-state index is 12.3. The van der Waals surface area contributed by atoms with Crippen LogP contribution < -0.4 is 10.6 Å². The molecular formula is C15H22ClN3O. The van der Waals surface area contributed by atoms with Gasteiger partial charge in [-0.1, -0.05) is 39.3 Å². The molecule has 5 heteroatoms. The van der Waals surface area contributed by atoms with Gasteiger partial charge in [0.05, 0.1) is 10.6 Å². The zero-order chi connectivity index (χ0) is 15.1. The van der Waals surface area contributed by atoms with E-state index in [1.165, 1.54) is 0 Å². The first-order valence-electron chi connectivity index (χ1n) is 6.92. The van der Waals surface area contributed by atoms with Crippen molar-refractivity contribution in [1.29, 1.82) is 0 Å². The molecule has 110 valence electrons. The summed E-state index contributed by atoms with van der Waals surface area (Å²) in [5.41, 5.74) is 0.725. The molecule has 2 N–H and O–H groups in total. The smallest absolute Gasteiger partial charge is 0.253 e. The topological polar surface area (TPSA) is 54.0 Å². The van der Waals surface area contributed by atoms with E-state index in [2.05, 4.69) is 43.3 Å². The Hall–Kier alpha value is -1.29. The van der Waals surface area contributed by atoms with Gasteiger partial charge in [0, 0.05) is 18.8 Å². The van der Waals surface area contributed by atoms with Crippen molar-refractivity contribution in [1.82, 2.24) is 10.3 Å². The summed E-state index contributed by atoms with van der Waals surface area (Å²) in [5, 5.41) is 6.58. The predicted molar refractivity (Wildman–Crippen MR) is 82.2 cm³/mol. The molecule has 0 aliphatic heterocycles. The van der Waals surface area contributed by atoms with Crippen LogP contribution >= 0.6 is 11.6 Å². The first kappa shape index (κ1) is 15.1. The van der Waals surface area contributed by atoms with E-state index in [1.54, 1.807) is 12.3 Å². The number of nitrogens with zero attached hydrogens (tertiary/aromatic N) is 1. The average molecular weight is 296 g/mol. The summed E-state index contributed by atoms with van der Waals surface area (Å²) >= 11 is 6.11. The van der Waals surface area contributed by atoms with Crippen molar-refractivity contribution in [3.8, 4) is 0 Å². The molecule has 0 saturated heterocycles. The Morgan fingerprint density at radius 1 is 1.35 bits per heavy atom. The summed E-state index contributed by atoms with van der Waals surface area (Å²) in [5.74, 6) is 0.490. The van der Waals surface area contributed by atoms with Gasteiger partial charge in [0.1, 0.15) is 5.82 Å². The normalized spacial score (nSPS) is 19.5. The van der Waals surface area contributed by atoms with E-state index in [-0.39, 0.29) is 22.8 Å². The van der Waals surface area contributed by atoms with E-state index in [4.69, 9.17) is 11.6 Å². The molecule has 20 heavy (non-hydrogen) atoms. The van der Waals surface area contributed by atoms with Crippen molar-refractivity contribution < 1.29 is 4.79 Å². The van der Waals surface area contributed by atoms with Crippen LogP contribution in [0, 0.1) is 10.8 Å². The molecule has 1 aromatic heterocycles. The van der Waals surface area contributed by atoms with Gasteiger partial charge in [-0.15, -0.1) is 0 Å². The molecule has 0 spiro atoms. The monoisotopic (exact) mass is 295 g/mol. The van der Waals surface area contributed by atoms with Crippen LogP contribution in [0.25, 0.3) is 0 Å². The maximum atomic E-state index is 12.3. The summed E-state index contributed by atoms with van der Waals surface area (Å²) in [6, 6.07) is 1.83. The first-order valence-corrected chi connectivity index (χ1v) is 7.30. The molecule has 0 atom stereocenters. The number of pyridine rings is 1. The van der Waals surface area contributed by atoms with Crippen LogP contribution in [0.1, 0.15) is 45.0 Å². The standard InChI is InChI=1S/C15H22ClN3O/c1-6-17-11-10(16)7-9(8-18-11)12(20)19-13-14(2,3)15(13,4)5/h7-8,13H,6H2,1-5H3,(H,17,18)(H,19,20). The Labute approximate surface area is 125 Å². The number of carbonyl (C=O) groups is 1. The molecule has 2 rings (SSSR count). The molecule has 1 aliphatic rings. The molecule has 4 nitrogen and oxygen atoms in total. The van der Waals surface area contributed by atoms with E-state index in [9.17, 15) is 4.79 Å². The van der Waals surface area contributed by atoms with Gasteiger partial charge in [-0.2, -0.15) is 0 Å². The van der Waals surface area contributed by atoms with E-state index in [0.29, 0.717) is 16.4 Å². The molecular weight excluding hydrogens is 274 g/mol. The van der Waals surface area contributed by atoms with Crippen LogP contribution in [0.4, 0.5) is 5.82 Å². The number of aromatic nitrogens is 1. The molecule has 0 unspecified atom stereocenters. The number of carbonyl (C=O) groups excluding carboxylic acids is 1. The first-order chi connectivity index (χ1) is 9.21. The highest BCUT2D eigenvalue weighted by molar-refractivity contribution is 6.33. The SMILES string of the molecule is CCNc1ncc(C(=O)NC2C(C)(C)C2(C)C)cc1Cl. The Kier molecular flexibility index (Phi) is 3.71. The number of nitrogens with one attached hydrogen (secondary N) is 2. The van der Waals surface area contributed by atoms with E-state index >= 15 is 0 Å². The van der Waals surface area contributed by atoms with Crippen molar-refractivity contribution in [2.45, 2.75) is 40.7 Å². The largest absolute Gasteiger partial charge is 0.369 e. The Morgan fingerprint density at radius 3 is 2.40 bits per heavy atom. The van der Waals surface area contributed by atoms with Gasteiger partial charge in [-0.05, 0) is 23.8 Å². The fourth-order valence-electron chi connectivity index (χ4n) is 2.63. The molecule has 0 radical (unpaired) electrons. The van der Waals surface area contributed by atoms with Crippen molar-refractivity contribution >= 4 is 23.3 Å². The maximum Gasteiger partial charge on any atom is 0.253 e. The minimum Gasteiger partial charge on any atom is -0.369 e. The number of rotatable bonds is 4. The molecule has 1 heterocycles. The van der Waals surface area contributed by atoms with Crippen molar-refractivity contribution in [2.24, 2.45) is 10.8 Å². The van der Waals surface area contributed by atoms with Crippen molar-refractivity contribution in [2.75, 3.05) is 11.9 Å². The van der Waals surface area contributed by atoms with E-state index in [1.807, 2.05) is 6.92 Å². The number of anilines is 1. The highest BCUT2D eigenvalue weighted by atomic mass is 35.5. The Bertz CT molecular complexity index is 526. The zero-order valence-corrected chi connectivity index (χ0v) is 13.4. The summed E-state index contributed by atoms with van der Waals surface area (Å²) in [4.78, 5) is 16.4. The number of hydrogen-bond acceptors (Lipinski definition) is 3. The summed E-state index contributed by atoms with van der Waals surface area (Å²) in [6.07, 6.45) is 1.56. The van der Waals surface area contributed by atoms with Gasteiger partial charge in [0.25, 0.3) is 5.91 Å². The predicted octanol–water partition coefficient (Wildman–Crippen LogP) is 3.33.